The van der Waals surface area contributed by atoms with E-state index in [-0.39, 0.29) is 18.2 Å². The smallest absolute Gasteiger partial charge is 0.221 e. The van der Waals surface area contributed by atoms with Gasteiger partial charge in [-0.15, -0.1) is 10.2 Å². The lowest BCUT2D eigenvalue weighted by Crippen LogP contribution is -2.15. The molecule has 0 radical (unpaired) electrons. The zero-order chi connectivity index (χ0) is 13.9. The van der Waals surface area contributed by atoms with Gasteiger partial charge in [0.25, 0.3) is 0 Å². The second-order valence-corrected chi connectivity index (χ2v) is 5.23. The SMILES string of the molecule is Fc1cccc(Cl)c1Cc1nnc(C2CCCOC2)o1. The van der Waals surface area contributed by atoms with Crippen molar-refractivity contribution >= 4 is 11.6 Å². The molecule has 1 saturated heterocycles. The molecule has 1 aromatic heterocycles. The van der Waals surface area contributed by atoms with Crippen molar-refractivity contribution in [2.75, 3.05) is 13.2 Å². The second-order valence-electron chi connectivity index (χ2n) is 4.83. The van der Waals surface area contributed by atoms with Crippen LogP contribution in [-0.4, -0.2) is 23.4 Å². The van der Waals surface area contributed by atoms with Crippen LogP contribution in [-0.2, 0) is 11.2 Å². The van der Waals surface area contributed by atoms with Crippen molar-refractivity contribution in [2.45, 2.75) is 25.2 Å². The third kappa shape index (κ3) is 2.83. The summed E-state index contributed by atoms with van der Waals surface area (Å²) in [6.45, 7) is 1.38. The van der Waals surface area contributed by atoms with E-state index in [1.807, 2.05) is 0 Å². The first-order valence-corrected chi connectivity index (χ1v) is 6.95. The van der Waals surface area contributed by atoms with Crippen molar-refractivity contribution in [3.8, 4) is 0 Å². The Morgan fingerprint density at radius 3 is 3.00 bits per heavy atom. The van der Waals surface area contributed by atoms with Gasteiger partial charge in [-0.1, -0.05) is 17.7 Å². The summed E-state index contributed by atoms with van der Waals surface area (Å²) in [5.74, 6) is 0.712. The van der Waals surface area contributed by atoms with E-state index in [1.54, 1.807) is 12.1 Å². The van der Waals surface area contributed by atoms with Gasteiger partial charge in [0.15, 0.2) is 0 Å². The molecule has 0 aliphatic carbocycles. The summed E-state index contributed by atoms with van der Waals surface area (Å²) >= 11 is 5.99. The van der Waals surface area contributed by atoms with E-state index in [9.17, 15) is 4.39 Å². The standard InChI is InChI=1S/C14H14ClFN2O2/c15-11-4-1-5-12(16)10(11)7-13-17-18-14(20-13)9-3-2-6-19-8-9/h1,4-5,9H,2-3,6-8H2. The molecule has 1 aromatic carbocycles. The van der Waals surface area contributed by atoms with Crippen LogP contribution in [0.4, 0.5) is 4.39 Å². The fourth-order valence-corrected chi connectivity index (χ4v) is 2.52. The van der Waals surface area contributed by atoms with Gasteiger partial charge >= 0.3 is 0 Å². The van der Waals surface area contributed by atoms with Crippen molar-refractivity contribution in [3.05, 3.63) is 46.4 Å². The van der Waals surface area contributed by atoms with Crippen molar-refractivity contribution in [1.29, 1.82) is 0 Å². The molecule has 6 heteroatoms. The summed E-state index contributed by atoms with van der Waals surface area (Å²) in [5.41, 5.74) is 0.379. The lowest BCUT2D eigenvalue weighted by atomic mass is 10.0. The summed E-state index contributed by atoms with van der Waals surface area (Å²) in [7, 11) is 0. The fourth-order valence-electron chi connectivity index (χ4n) is 2.29. The van der Waals surface area contributed by atoms with Gasteiger partial charge in [0, 0.05) is 17.2 Å². The minimum atomic E-state index is -0.363. The first kappa shape index (κ1) is 13.5. The zero-order valence-electron chi connectivity index (χ0n) is 10.8. The Morgan fingerprint density at radius 2 is 2.25 bits per heavy atom. The molecular formula is C14H14ClFN2O2. The number of halogens is 2. The molecule has 1 unspecified atom stereocenters. The van der Waals surface area contributed by atoms with Gasteiger partial charge in [-0.05, 0) is 25.0 Å². The Balaban J connectivity index is 1.77. The summed E-state index contributed by atoms with van der Waals surface area (Å²) in [6, 6.07) is 4.58. The van der Waals surface area contributed by atoms with E-state index in [4.69, 9.17) is 20.8 Å². The quantitative estimate of drug-likeness (QED) is 0.871. The number of hydrogen-bond donors (Lipinski definition) is 0. The van der Waals surface area contributed by atoms with Gasteiger partial charge in [0.2, 0.25) is 11.8 Å². The van der Waals surface area contributed by atoms with Gasteiger partial charge in [0.05, 0.1) is 18.9 Å². The molecule has 1 aliphatic rings. The predicted molar refractivity (Wildman–Crippen MR) is 71.3 cm³/mol. The number of hydrogen-bond acceptors (Lipinski definition) is 4. The Hall–Kier alpha value is -1.46. The summed E-state index contributed by atoms with van der Waals surface area (Å²) in [5, 5.41) is 8.37. The van der Waals surface area contributed by atoms with E-state index in [2.05, 4.69) is 10.2 Å². The molecule has 3 rings (SSSR count). The maximum Gasteiger partial charge on any atom is 0.221 e. The molecule has 0 saturated carbocycles. The van der Waals surface area contributed by atoms with Crippen LogP contribution in [0.3, 0.4) is 0 Å². The highest BCUT2D eigenvalue weighted by Gasteiger charge is 2.22. The van der Waals surface area contributed by atoms with Crippen molar-refractivity contribution < 1.29 is 13.5 Å². The third-order valence-corrected chi connectivity index (χ3v) is 3.74. The van der Waals surface area contributed by atoms with Gasteiger partial charge in [-0.3, -0.25) is 0 Å². The molecule has 106 valence electrons. The molecule has 0 spiro atoms. The summed E-state index contributed by atoms with van der Waals surface area (Å²) in [6.07, 6.45) is 2.16. The number of nitrogens with zero attached hydrogens (tertiary/aromatic N) is 2. The van der Waals surface area contributed by atoms with Gasteiger partial charge in [0.1, 0.15) is 5.82 Å². The highest BCUT2D eigenvalue weighted by molar-refractivity contribution is 6.31. The second kappa shape index (κ2) is 5.89. The van der Waals surface area contributed by atoms with E-state index in [0.717, 1.165) is 19.4 Å². The third-order valence-electron chi connectivity index (χ3n) is 3.38. The number of ether oxygens (including phenoxy) is 1. The van der Waals surface area contributed by atoms with E-state index in [0.29, 0.717) is 29.0 Å². The minimum Gasteiger partial charge on any atom is -0.425 e. The molecule has 4 nitrogen and oxygen atoms in total. The Bertz CT molecular complexity index is 576. The minimum absolute atomic E-state index is 0.140. The van der Waals surface area contributed by atoms with E-state index in [1.165, 1.54) is 6.07 Å². The molecule has 20 heavy (non-hydrogen) atoms. The molecule has 0 bridgehead atoms. The lowest BCUT2D eigenvalue weighted by Gasteiger charge is -2.18. The monoisotopic (exact) mass is 296 g/mol. The van der Waals surface area contributed by atoms with Crippen LogP contribution >= 0.6 is 11.6 Å². The molecule has 0 N–H and O–H groups in total. The van der Waals surface area contributed by atoms with Crippen LogP contribution in [0, 0.1) is 5.82 Å². The van der Waals surface area contributed by atoms with Gasteiger partial charge in [-0.25, -0.2) is 4.39 Å². The van der Waals surface area contributed by atoms with Crippen molar-refractivity contribution in [3.63, 3.8) is 0 Å². The molecule has 1 fully saturated rings. The van der Waals surface area contributed by atoms with Crippen LogP contribution in [0.5, 0.6) is 0 Å². The largest absolute Gasteiger partial charge is 0.425 e. The van der Waals surface area contributed by atoms with Gasteiger partial charge in [-0.2, -0.15) is 0 Å². The topological polar surface area (TPSA) is 48.2 Å². The molecule has 0 amide bonds. The van der Waals surface area contributed by atoms with Crippen LogP contribution in [0.2, 0.25) is 5.02 Å². The highest BCUT2D eigenvalue weighted by Crippen LogP contribution is 2.26. The zero-order valence-corrected chi connectivity index (χ0v) is 11.6. The lowest BCUT2D eigenvalue weighted by molar-refractivity contribution is 0.0722. The molecule has 2 aromatic rings. The van der Waals surface area contributed by atoms with Crippen LogP contribution in [0.25, 0.3) is 0 Å². The molecule has 2 heterocycles. The van der Waals surface area contributed by atoms with Crippen molar-refractivity contribution in [2.24, 2.45) is 0 Å². The Kier molecular flexibility index (Phi) is 3.98. The van der Waals surface area contributed by atoms with Crippen molar-refractivity contribution in [1.82, 2.24) is 10.2 Å². The average Bonchev–Trinajstić information content (AvgIpc) is 2.93. The van der Waals surface area contributed by atoms with E-state index >= 15 is 0 Å². The molecular weight excluding hydrogens is 283 g/mol. The Morgan fingerprint density at radius 1 is 1.35 bits per heavy atom. The maximum atomic E-state index is 13.7. The normalized spacial score (nSPS) is 19.2. The average molecular weight is 297 g/mol. The number of rotatable bonds is 3. The van der Waals surface area contributed by atoms with Crippen LogP contribution in [0.1, 0.15) is 36.1 Å². The van der Waals surface area contributed by atoms with Gasteiger partial charge < -0.3 is 9.15 Å². The first-order chi connectivity index (χ1) is 9.74. The molecule has 1 aliphatic heterocycles. The maximum absolute atomic E-state index is 13.7. The Labute approximate surface area is 120 Å². The first-order valence-electron chi connectivity index (χ1n) is 6.57. The summed E-state index contributed by atoms with van der Waals surface area (Å²) < 4.78 is 24.7. The summed E-state index contributed by atoms with van der Waals surface area (Å²) in [4.78, 5) is 0. The predicted octanol–water partition coefficient (Wildman–Crippen LogP) is 3.35. The number of benzene rings is 1. The van der Waals surface area contributed by atoms with E-state index < -0.39 is 0 Å². The van der Waals surface area contributed by atoms with Crippen LogP contribution in [0.15, 0.2) is 22.6 Å². The molecule has 1 atom stereocenters. The highest BCUT2D eigenvalue weighted by atomic mass is 35.5. The van der Waals surface area contributed by atoms with Crippen LogP contribution < -0.4 is 0 Å². The number of aromatic nitrogens is 2. The fraction of sp³-hybridized carbons (Fsp3) is 0.429.